The second kappa shape index (κ2) is 13.6. The van der Waals surface area contributed by atoms with Crippen LogP contribution in [0.1, 0.15) is 24.0 Å². The van der Waals surface area contributed by atoms with Gasteiger partial charge in [0.1, 0.15) is 23.8 Å². The molecule has 1 aromatic heterocycles. The van der Waals surface area contributed by atoms with Gasteiger partial charge in [0.05, 0.1) is 17.2 Å². The molecule has 43 heavy (non-hydrogen) atoms. The molecule has 3 N–H and O–H groups in total. The number of hydrogen-bond donors (Lipinski definition) is 3. The lowest BCUT2D eigenvalue weighted by Gasteiger charge is -2.51. The highest BCUT2D eigenvalue weighted by Gasteiger charge is 2.45. The average Bonchev–Trinajstić information content (AvgIpc) is 2.92. The fourth-order valence-corrected chi connectivity index (χ4v) is 6.11. The molecule has 0 bridgehead atoms. The number of halogens is 5. The number of aliphatic hydroxyl groups is 1. The molecule has 0 saturated carbocycles. The number of aliphatic hydroxyl groups excluding tert-OH is 1. The van der Waals surface area contributed by atoms with Crippen molar-refractivity contribution in [1.82, 2.24) is 14.9 Å². The molecule has 234 valence electrons. The summed E-state index contributed by atoms with van der Waals surface area (Å²) in [5.41, 5.74) is -1.25. The van der Waals surface area contributed by atoms with E-state index < -0.39 is 49.9 Å². The van der Waals surface area contributed by atoms with Crippen LogP contribution in [0.2, 0.25) is 0 Å². The number of aryl methyl sites for hydroxylation is 1. The van der Waals surface area contributed by atoms with E-state index in [1.165, 1.54) is 18.3 Å². The summed E-state index contributed by atoms with van der Waals surface area (Å²) in [6.45, 7) is 0.0504. The number of nitrogens with one attached hydrogen (secondary N) is 1. The van der Waals surface area contributed by atoms with Crippen molar-refractivity contribution in [2.24, 2.45) is 0 Å². The Labute approximate surface area is 244 Å². The second-order valence-corrected chi connectivity index (χ2v) is 11.6. The quantitative estimate of drug-likeness (QED) is 0.251. The van der Waals surface area contributed by atoms with Crippen LogP contribution in [0.3, 0.4) is 0 Å². The third kappa shape index (κ3) is 7.94. The Kier molecular flexibility index (Phi) is 10.6. The maximum absolute atomic E-state index is 15.1. The fraction of sp³-hybridized carbons (Fsp3) is 0.370. The van der Waals surface area contributed by atoms with Crippen LogP contribution in [0.4, 0.5) is 33.5 Å². The molecule has 16 heteroatoms. The number of rotatable bonds is 8. The van der Waals surface area contributed by atoms with E-state index >= 15 is 8.78 Å². The molecule has 4 rings (SSSR count). The van der Waals surface area contributed by atoms with Crippen molar-refractivity contribution in [3.05, 3.63) is 77.8 Å². The van der Waals surface area contributed by atoms with Crippen LogP contribution in [0.25, 0.3) is 0 Å². The molecule has 1 fully saturated rings. The van der Waals surface area contributed by atoms with E-state index in [-0.39, 0.29) is 50.3 Å². The molecule has 0 aliphatic carbocycles. The number of anilines is 2. The van der Waals surface area contributed by atoms with Crippen molar-refractivity contribution >= 4 is 28.0 Å². The molecule has 3 aromatic rings. The molecule has 1 saturated heterocycles. The lowest BCUT2D eigenvalue weighted by Crippen LogP contribution is -2.64. The van der Waals surface area contributed by atoms with Gasteiger partial charge < -0.3 is 15.1 Å². The maximum Gasteiger partial charge on any atom is 0.416 e. The number of benzene rings is 2. The van der Waals surface area contributed by atoms with Gasteiger partial charge >= 0.3 is 6.18 Å². The van der Waals surface area contributed by atoms with Gasteiger partial charge in [0, 0.05) is 25.0 Å². The van der Waals surface area contributed by atoms with Crippen molar-refractivity contribution in [2.45, 2.75) is 42.0 Å². The van der Waals surface area contributed by atoms with Gasteiger partial charge in [-0.15, -0.1) is 0 Å². The normalized spacial score (nSPS) is 19.0. The number of aromatic nitrogens is 2. The lowest BCUT2D eigenvalue weighted by molar-refractivity contribution is -0.137. The number of alkyl halides is 3. The summed E-state index contributed by atoms with van der Waals surface area (Å²) in [6, 6.07) is 7.98. The highest BCUT2D eigenvalue weighted by atomic mass is 32.2. The molecule has 2 atom stereocenters. The first-order chi connectivity index (χ1) is 20.1. The van der Waals surface area contributed by atoms with Gasteiger partial charge in [-0.2, -0.15) is 13.2 Å². The summed E-state index contributed by atoms with van der Waals surface area (Å²) in [4.78, 5) is 17.9. The SMILES string of the molecule is CN(C)[C@]1(CCc2cccc(C(F)(F)F)c2)CN(c2cc(F)c(S(=O)(=O)Nc3ccncn3)c(F)c2)CC[C@H]1O.O=CO. The highest BCUT2D eigenvalue weighted by Crippen LogP contribution is 2.36. The van der Waals surface area contributed by atoms with E-state index in [2.05, 4.69) is 9.97 Å². The van der Waals surface area contributed by atoms with E-state index in [0.717, 1.165) is 30.6 Å². The first-order valence-corrected chi connectivity index (χ1v) is 14.2. The number of likely N-dealkylation sites (N-methyl/N-ethyl adjacent to an activating group) is 1. The molecule has 1 aliphatic rings. The minimum atomic E-state index is -4.66. The van der Waals surface area contributed by atoms with Gasteiger partial charge in [-0.1, -0.05) is 18.2 Å². The number of hydrogen-bond acceptors (Lipinski definition) is 8. The van der Waals surface area contributed by atoms with Crippen molar-refractivity contribution in [2.75, 3.05) is 36.8 Å². The zero-order chi connectivity index (χ0) is 32.0. The Morgan fingerprint density at radius 2 is 1.81 bits per heavy atom. The van der Waals surface area contributed by atoms with Crippen LogP contribution >= 0.6 is 0 Å². The highest BCUT2D eigenvalue weighted by molar-refractivity contribution is 7.92. The molecule has 0 unspecified atom stereocenters. The number of carbonyl (C=O) groups is 1. The van der Waals surface area contributed by atoms with Crippen molar-refractivity contribution < 1.29 is 45.4 Å². The first-order valence-electron chi connectivity index (χ1n) is 12.8. The van der Waals surface area contributed by atoms with Crippen LogP contribution < -0.4 is 9.62 Å². The number of carboxylic acid groups (broad SMARTS) is 1. The molecule has 0 spiro atoms. The first kappa shape index (κ1) is 33.6. The van der Waals surface area contributed by atoms with Gasteiger partial charge in [-0.25, -0.2) is 27.2 Å². The lowest BCUT2D eigenvalue weighted by atomic mass is 9.79. The van der Waals surface area contributed by atoms with E-state index in [1.807, 2.05) is 4.72 Å². The standard InChI is InChI=1S/C26H28F5N5O3S.CH2O2/c1-35(2)25(9-6-17-4-3-5-18(12-17)26(29,30)31)15-36(11-8-22(25)37)19-13-20(27)24(21(28)14-19)40(38,39)34-23-7-10-32-16-33-23;2-1-3/h3-5,7,10,12-14,16,22,37H,6,8-9,11,15H2,1-2H3,(H,32,33,34);1H,(H,2,3)/t22-,25-;/m1./s1. The minimum absolute atomic E-state index is 0.0631. The number of nitrogens with zero attached hydrogens (tertiary/aromatic N) is 4. The molecule has 2 aromatic carbocycles. The van der Waals surface area contributed by atoms with Crippen LogP contribution in [0.15, 0.2) is 59.9 Å². The van der Waals surface area contributed by atoms with Crippen LogP contribution in [0.5, 0.6) is 0 Å². The minimum Gasteiger partial charge on any atom is -0.483 e. The van der Waals surface area contributed by atoms with Crippen LogP contribution in [-0.2, 0) is 27.4 Å². The molecule has 1 aliphatic heterocycles. The molecule has 0 amide bonds. The maximum atomic E-state index is 15.1. The van der Waals surface area contributed by atoms with Crippen LogP contribution in [-0.4, -0.2) is 78.8 Å². The summed E-state index contributed by atoms with van der Waals surface area (Å²) in [6.07, 6.45) is -2.37. The van der Waals surface area contributed by atoms with Crippen molar-refractivity contribution in [3.8, 4) is 0 Å². The van der Waals surface area contributed by atoms with Gasteiger partial charge in [-0.3, -0.25) is 14.4 Å². The Bertz CT molecular complexity index is 1490. The predicted octanol–water partition coefficient (Wildman–Crippen LogP) is 3.78. The third-order valence-corrected chi connectivity index (χ3v) is 8.59. The Hall–Kier alpha value is -3.89. The van der Waals surface area contributed by atoms with Crippen molar-refractivity contribution in [1.29, 1.82) is 0 Å². The smallest absolute Gasteiger partial charge is 0.416 e. The monoisotopic (exact) mass is 631 g/mol. The van der Waals surface area contributed by atoms with E-state index in [9.17, 15) is 26.7 Å². The third-order valence-electron chi connectivity index (χ3n) is 7.19. The van der Waals surface area contributed by atoms with E-state index in [4.69, 9.17) is 9.90 Å². The summed E-state index contributed by atoms with van der Waals surface area (Å²) in [7, 11) is -1.22. The second-order valence-electron chi connectivity index (χ2n) is 9.97. The molecular formula is C27H30F5N5O5S. The molecular weight excluding hydrogens is 601 g/mol. The van der Waals surface area contributed by atoms with Gasteiger partial charge in [0.2, 0.25) is 0 Å². The number of sulfonamides is 1. The fourth-order valence-electron chi connectivity index (χ4n) is 4.98. The molecule has 2 heterocycles. The largest absolute Gasteiger partial charge is 0.483 e. The van der Waals surface area contributed by atoms with Gasteiger partial charge in [0.15, 0.2) is 4.90 Å². The van der Waals surface area contributed by atoms with Gasteiger partial charge in [0.25, 0.3) is 16.5 Å². The average molecular weight is 632 g/mol. The van der Waals surface area contributed by atoms with Gasteiger partial charge in [-0.05, 0) is 63.2 Å². The molecule has 10 nitrogen and oxygen atoms in total. The molecule has 0 radical (unpaired) electrons. The Morgan fingerprint density at radius 1 is 1.16 bits per heavy atom. The van der Waals surface area contributed by atoms with Crippen LogP contribution in [0, 0.1) is 11.6 Å². The zero-order valence-corrected chi connectivity index (χ0v) is 23.9. The number of piperidine rings is 1. The summed E-state index contributed by atoms with van der Waals surface area (Å²) in [5, 5.41) is 17.9. The summed E-state index contributed by atoms with van der Waals surface area (Å²) < 4.78 is 97.2. The summed E-state index contributed by atoms with van der Waals surface area (Å²) >= 11 is 0. The zero-order valence-electron chi connectivity index (χ0n) is 23.1. The Balaban J connectivity index is 0.00000162. The van der Waals surface area contributed by atoms with Crippen molar-refractivity contribution in [3.63, 3.8) is 0 Å². The van der Waals surface area contributed by atoms with E-state index in [0.29, 0.717) is 5.56 Å². The van der Waals surface area contributed by atoms with E-state index in [1.54, 1.807) is 30.0 Å². The summed E-state index contributed by atoms with van der Waals surface area (Å²) in [5.74, 6) is -2.80. The predicted molar refractivity (Wildman–Crippen MR) is 147 cm³/mol. The Morgan fingerprint density at radius 3 is 2.37 bits per heavy atom. The topological polar surface area (TPSA) is 136 Å².